The number of pyridine rings is 1. The van der Waals surface area contributed by atoms with Crippen molar-refractivity contribution in [2.24, 2.45) is 0 Å². The van der Waals surface area contributed by atoms with Crippen LogP contribution in [-0.4, -0.2) is 4.98 Å². The number of hydrogen-bond acceptors (Lipinski definition) is 4. The molecule has 0 aliphatic carbocycles. The fourth-order valence-electron chi connectivity index (χ4n) is 1.61. The highest BCUT2D eigenvalue weighted by molar-refractivity contribution is 5.71. The fraction of sp³-hybridized carbons (Fsp3) is 0.0769. The van der Waals surface area contributed by atoms with Crippen molar-refractivity contribution in [1.82, 2.24) is 4.98 Å². The van der Waals surface area contributed by atoms with E-state index >= 15 is 0 Å². The van der Waals surface area contributed by atoms with E-state index in [9.17, 15) is 13.2 Å². The third-order valence-corrected chi connectivity index (χ3v) is 2.53. The zero-order chi connectivity index (χ0) is 14.8. The monoisotopic (exact) mass is 278 g/mol. The molecule has 0 bridgehead atoms. The van der Waals surface area contributed by atoms with Crippen LogP contribution in [0.5, 0.6) is 0 Å². The molecule has 0 radical (unpaired) electrons. The number of nitrogens with one attached hydrogen (secondary N) is 1. The molecule has 0 aliphatic heterocycles. The van der Waals surface area contributed by atoms with E-state index in [2.05, 4.69) is 10.3 Å². The van der Waals surface area contributed by atoms with Gasteiger partial charge in [-0.2, -0.15) is 18.4 Å². The summed E-state index contributed by atoms with van der Waals surface area (Å²) in [5.74, 6) is 0.0701. The molecule has 7 heteroatoms. The molecule has 2 rings (SSSR count). The van der Waals surface area contributed by atoms with Gasteiger partial charge < -0.3 is 11.1 Å². The standard InChI is InChI=1S/C13H9F3N4/c14-13(15,16)9-3-1-2-4-11(9)20-12-10(18)5-8(6-17)7-19-12/h1-5,7H,18H2,(H,19,20). The second-order valence-corrected chi connectivity index (χ2v) is 3.94. The lowest BCUT2D eigenvalue weighted by Gasteiger charge is -2.14. The van der Waals surface area contributed by atoms with Gasteiger partial charge in [-0.25, -0.2) is 4.98 Å². The van der Waals surface area contributed by atoms with E-state index in [1.54, 1.807) is 0 Å². The largest absolute Gasteiger partial charge is 0.418 e. The number of nitriles is 1. The lowest BCUT2D eigenvalue weighted by molar-refractivity contribution is -0.136. The van der Waals surface area contributed by atoms with Gasteiger partial charge in [-0.3, -0.25) is 0 Å². The first-order chi connectivity index (χ1) is 9.41. The Labute approximate surface area is 112 Å². The molecule has 0 saturated heterocycles. The Balaban J connectivity index is 2.39. The van der Waals surface area contributed by atoms with Crippen molar-refractivity contribution in [3.05, 3.63) is 47.7 Å². The number of anilines is 3. The van der Waals surface area contributed by atoms with Gasteiger partial charge in [0.05, 0.1) is 22.5 Å². The molecule has 1 heterocycles. The molecular formula is C13H9F3N4. The van der Waals surface area contributed by atoms with Crippen LogP contribution in [0.2, 0.25) is 0 Å². The van der Waals surface area contributed by atoms with Gasteiger partial charge in [0.1, 0.15) is 6.07 Å². The highest BCUT2D eigenvalue weighted by Crippen LogP contribution is 2.36. The molecule has 0 aliphatic rings. The predicted molar refractivity (Wildman–Crippen MR) is 68.1 cm³/mol. The van der Waals surface area contributed by atoms with Crippen LogP contribution in [0.25, 0.3) is 0 Å². The summed E-state index contributed by atoms with van der Waals surface area (Å²) in [4.78, 5) is 3.84. The summed E-state index contributed by atoms with van der Waals surface area (Å²) >= 11 is 0. The molecule has 1 aromatic heterocycles. The van der Waals surface area contributed by atoms with E-state index in [-0.39, 0.29) is 22.8 Å². The van der Waals surface area contributed by atoms with Gasteiger partial charge in [0, 0.05) is 6.20 Å². The maximum Gasteiger partial charge on any atom is 0.418 e. The second kappa shape index (κ2) is 5.09. The molecule has 0 amide bonds. The number of nitrogen functional groups attached to an aromatic ring is 1. The number of nitrogens with zero attached hydrogens (tertiary/aromatic N) is 2. The number of alkyl halides is 3. The Kier molecular flexibility index (Phi) is 3.48. The van der Waals surface area contributed by atoms with E-state index in [1.807, 2.05) is 6.07 Å². The maximum atomic E-state index is 12.8. The Morgan fingerprint density at radius 3 is 2.55 bits per heavy atom. The van der Waals surface area contributed by atoms with Crippen LogP contribution < -0.4 is 11.1 Å². The summed E-state index contributed by atoms with van der Waals surface area (Å²) in [6, 6.07) is 8.19. The average molecular weight is 278 g/mol. The average Bonchev–Trinajstić information content (AvgIpc) is 2.40. The van der Waals surface area contributed by atoms with Crippen LogP contribution in [0.4, 0.5) is 30.4 Å². The molecule has 2 aromatic rings. The quantitative estimate of drug-likeness (QED) is 0.883. The smallest absolute Gasteiger partial charge is 0.396 e. The van der Waals surface area contributed by atoms with Crippen LogP contribution in [0, 0.1) is 11.3 Å². The predicted octanol–water partition coefficient (Wildman–Crippen LogP) is 3.30. The Morgan fingerprint density at radius 2 is 1.95 bits per heavy atom. The number of halogens is 3. The third kappa shape index (κ3) is 2.80. The molecule has 4 nitrogen and oxygen atoms in total. The van der Waals surface area contributed by atoms with Crippen molar-refractivity contribution < 1.29 is 13.2 Å². The Hall–Kier alpha value is -2.75. The number of benzene rings is 1. The summed E-state index contributed by atoms with van der Waals surface area (Å²) in [6.07, 6.45) is -3.25. The van der Waals surface area contributed by atoms with Crippen molar-refractivity contribution in [3.8, 4) is 6.07 Å². The summed E-state index contributed by atoms with van der Waals surface area (Å²) in [5, 5.41) is 11.2. The summed E-state index contributed by atoms with van der Waals surface area (Å²) in [7, 11) is 0. The zero-order valence-electron chi connectivity index (χ0n) is 10.1. The van der Waals surface area contributed by atoms with Crippen molar-refractivity contribution in [2.75, 3.05) is 11.1 Å². The molecule has 102 valence electrons. The minimum absolute atomic E-state index is 0.0701. The molecule has 0 atom stereocenters. The van der Waals surface area contributed by atoms with E-state index in [0.29, 0.717) is 0 Å². The summed E-state index contributed by atoms with van der Waals surface area (Å²) in [6.45, 7) is 0. The van der Waals surface area contributed by atoms with Gasteiger partial charge in [-0.1, -0.05) is 12.1 Å². The van der Waals surface area contributed by atoms with Crippen molar-refractivity contribution >= 4 is 17.2 Å². The van der Waals surface area contributed by atoms with Crippen LogP contribution >= 0.6 is 0 Å². The topological polar surface area (TPSA) is 74.7 Å². The molecule has 3 N–H and O–H groups in total. The molecule has 1 aromatic carbocycles. The van der Waals surface area contributed by atoms with Gasteiger partial charge in [0.2, 0.25) is 0 Å². The van der Waals surface area contributed by atoms with Gasteiger partial charge in [0.15, 0.2) is 5.82 Å². The second-order valence-electron chi connectivity index (χ2n) is 3.94. The van der Waals surface area contributed by atoms with E-state index in [4.69, 9.17) is 11.0 Å². The summed E-state index contributed by atoms with van der Waals surface area (Å²) < 4.78 is 38.5. The molecule has 0 spiro atoms. The molecule has 0 saturated carbocycles. The van der Waals surface area contributed by atoms with Gasteiger partial charge in [0.25, 0.3) is 0 Å². The Bertz CT molecular complexity index is 674. The number of rotatable bonds is 2. The SMILES string of the molecule is N#Cc1cnc(Nc2ccccc2C(F)(F)F)c(N)c1. The minimum Gasteiger partial charge on any atom is -0.396 e. The van der Waals surface area contributed by atoms with Gasteiger partial charge >= 0.3 is 6.18 Å². The first-order valence-electron chi connectivity index (χ1n) is 5.50. The lowest BCUT2D eigenvalue weighted by atomic mass is 10.1. The molecule has 20 heavy (non-hydrogen) atoms. The van der Waals surface area contributed by atoms with Crippen molar-refractivity contribution in [3.63, 3.8) is 0 Å². The summed E-state index contributed by atoms with van der Waals surface area (Å²) in [5.41, 5.74) is 5.01. The van der Waals surface area contributed by atoms with Gasteiger partial charge in [-0.05, 0) is 18.2 Å². The number of para-hydroxylation sites is 1. The number of hydrogen-bond donors (Lipinski definition) is 2. The molecule has 0 fully saturated rings. The highest BCUT2D eigenvalue weighted by Gasteiger charge is 2.33. The van der Waals surface area contributed by atoms with E-state index in [0.717, 1.165) is 6.07 Å². The van der Waals surface area contributed by atoms with E-state index < -0.39 is 11.7 Å². The maximum absolute atomic E-state index is 12.8. The third-order valence-electron chi connectivity index (χ3n) is 2.53. The normalized spacial score (nSPS) is 10.9. The highest BCUT2D eigenvalue weighted by atomic mass is 19.4. The number of nitrogens with two attached hydrogens (primary N) is 1. The Morgan fingerprint density at radius 1 is 1.25 bits per heavy atom. The minimum atomic E-state index is -4.48. The molecular weight excluding hydrogens is 269 g/mol. The number of aromatic nitrogens is 1. The van der Waals surface area contributed by atoms with Gasteiger partial charge in [-0.15, -0.1) is 0 Å². The lowest BCUT2D eigenvalue weighted by Crippen LogP contribution is -2.09. The van der Waals surface area contributed by atoms with Crippen LogP contribution in [0.1, 0.15) is 11.1 Å². The molecule has 0 unspecified atom stereocenters. The first kappa shape index (κ1) is 13.7. The first-order valence-corrected chi connectivity index (χ1v) is 5.50. The van der Waals surface area contributed by atoms with Crippen LogP contribution in [0.15, 0.2) is 36.5 Å². The van der Waals surface area contributed by atoms with E-state index in [1.165, 1.54) is 30.5 Å². The van der Waals surface area contributed by atoms with Crippen molar-refractivity contribution in [2.45, 2.75) is 6.18 Å². The van der Waals surface area contributed by atoms with Crippen LogP contribution in [-0.2, 0) is 6.18 Å². The zero-order valence-corrected chi connectivity index (χ0v) is 10.1. The fourth-order valence-corrected chi connectivity index (χ4v) is 1.61. The van der Waals surface area contributed by atoms with Crippen molar-refractivity contribution in [1.29, 1.82) is 5.26 Å². The van der Waals surface area contributed by atoms with Crippen LogP contribution in [0.3, 0.4) is 0 Å².